The van der Waals surface area contributed by atoms with E-state index in [1.807, 2.05) is 6.92 Å². The van der Waals surface area contributed by atoms with Crippen LogP contribution in [0.5, 0.6) is 0 Å². The SMILES string of the molecule is Cc1nn(C)c(C)c1C(=O)NNc1c(Cl)cc(Cl)cc1Cl. The lowest BCUT2D eigenvalue weighted by Crippen LogP contribution is -2.30. The summed E-state index contributed by atoms with van der Waals surface area (Å²) in [6, 6.07) is 3.06. The predicted molar refractivity (Wildman–Crippen MR) is 85.2 cm³/mol. The number of nitrogens with one attached hydrogen (secondary N) is 2. The van der Waals surface area contributed by atoms with Gasteiger partial charge >= 0.3 is 0 Å². The van der Waals surface area contributed by atoms with Gasteiger partial charge in [0.05, 0.1) is 27.0 Å². The molecule has 112 valence electrons. The van der Waals surface area contributed by atoms with Crippen molar-refractivity contribution in [2.24, 2.45) is 7.05 Å². The molecule has 1 amide bonds. The fourth-order valence-electron chi connectivity index (χ4n) is 1.95. The number of hydrogen-bond donors (Lipinski definition) is 2. The average Bonchev–Trinajstić information content (AvgIpc) is 2.61. The molecule has 0 saturated carbocycles. The van der Waals surface area contributed by atoms with E-state index in [2.05, 4.69) is 16.0 Å². The van der Waals surface area contributed by atoms with Gasteiger partial charge in [-0.15, -0.1) is 0 Å². The second-order valence-electron chi connectivity index (χ2n) is 4.49. The van der Waals surface area contributed by atoms with Crippen LogP contribution in [-0.4, -0.2) is 15.7 Å². The van der Waals surface area contributed by atoms with E-state index < -0.39 is 0 Å². The molecule has 0 fully saturated rings. The van der Waals surface area contributed by atoms with Crippen molar-refractivity contribution >= 4 is 46.4 Å². The molecule has 0 atom stereocenters. The highest BCUT2D eigenvalue weighted by Crippen LogP contribution is 2.33. The van der Waals surface area contributed by atoms with Gasteiger partial charge < -0.3 is 0 Å². The Morgan fingerprint density at radius 2 is 1.76 bits per heavy atom. The zero-order chi connectivity index (χ0) is 15.7. The van der Waals surface area contributed by atoms with Gasteiger partial charge in [-0.2, -0.15) is 5.10 Å². The Labute approximate surface area is 137 Å². The van der Waals surface area contributed by atoms with E-state index in [-0.39, 0.29) is 5.91 Å². The van der Waals surface area contributed by atoms with E-state index in [0.717, 1.165) is 5.69 Å². The Morgan fingerprint density at radius 1 is 1.19 bits per heavy atom. The van der Waals surface area contributed by atoms with Gasteiger partial charge in [-0.1, -0.05) is 34.8 Å². The Hall–Kier alpha value is -1.43. The highest BCUT2D eigenvalue weighted by Gasteiger charge is 2.17. The topological polar surface area (TPSA) is 59.0 Å². The molecule has 2 rings (SSSR count). The summed E-state index contributed by atoms with van der Waals surface area (Å²) in [6.45, 7) is 3.58. The van der Waals surface area contributed by atoms with Gasteiger partial charge in [-0.05, 0) is 26.0 Å². The summed E-state index contributed by atoms with van der Waals surface area (Å²) in [5.74, 6) is -0.319. The lowest BCUT2D eigenvalue weighted by molar-refractivity contribution is 0.0961. The Kier molecular flexibility index (Phi) is 4.66. The van der Waals surface area contributed by atoms with Crippen molar-refractivity contribution in [1.29, 1.82) is 0 Å². The van der Waals surface area contributed by atoms with Crippen molar-refractivity contribution in [1.82, 2.24) is 15.2 Å². The molecule has 0 bridgehead atoms. The van der Waals surface area contributed by atoms with E-state index in [0.29, 0.717) is 32.0 Å². The monoisotopic (exact) mass is 346 g/mol. The first kappa shape index (κ1) is 15.9. The molecule has 0 aliphatic carbocycles. The second kappa shape index (κ2) is 6.13. The minimum Gasteiger partial charge on any atom is -0.295 e. The average molecular weight is 348 g/mol. The molecule has 0 radical (unpaired) electrons. The summed E-state index contributed by atoms with van der Waals surface area (Å²) >= 11 is 17.9. The van der Waals surface area contributed by atoms with E-state index in [9.17, 15) is 4.79 Å². The summed E-state index contributed by atoms with van der Waals surface area (Å²) in [6.07, 6.45) is 0. The molecule has 1 aromatic heterocycles. The van der Waals surface area contributed by atoms with Crippen molar-refractivity contribution in [2.75, 3.05) is 5.43 Å². The standard InChI is InChI=1S/C13H13Cl3N4O/c1-6-11(7(2)20(3)19-6)13(21)18-17-12-9(15)4-8(14)5-10(12)16/h4-5,17H,1-3H3,(H,18,21). The van der Waals surface area contributed by atoms with Gasteiger partial charge in [0.2, 0.25) is 0 Å². The number of halogens is 3. The summed E-state index contributed by atoms with van der Waals surface area (Å²) in [7, 11) is 1.78. The number of anilines is 1. The van der Waals surface area contributed by atoms with Crippen molar-refractivity contribution < 1.29 is 4.79 Å². The normalized spacial score (nSPS) is 10.6. The van der Waals surface area contributed by atoms with Crippen molar-refractivity contribution in [3.05, 3.63) is 44.2 Å². The molecule has 2 N–H and O–H groups in total. The first-order valence-electron chi connectivity index (χ1n) is 6.02. The van der Waals surface area contributed by atoms with Gasteiger partial charge in [-0.3, -0.25) is 20.3 Å². The van der Waals surface area contributed by atoms with Gasteiger partial charge in [-0.25, -0.2) is 0 Å². The lowest BCUT2D eigenvalue weighted by atomic mass is 10.2. The molecule has 0 spiro atoms. The highest BCUT2D eigenvalue weighted by molar-refractivity contribution is 6.41. The Bertz CT molecular complexity index is 689. The Morgan fingerprint density at radius 3 is 2.24 bits per heavy atom. The molecule has 5 nitrogen and oxygen atoms in total. The molecule has 2 aromatic rings. The molecule has 0 aliphatic rings. The smallest absolute Gasteiger partial charge is 0.273 e. The lowest BCUT2D eigenvalue weighted by Gasteiger charge is -2.12. The quantitative estimate of drug-likeness (QED) is 0.831. The third-order valence-electron chi connectivity index (χ3n) is 3.04. The summed E-state index contributed by atoms with van der Waals surface area (Å²) < 4.78 is 1.65. The zero-order valence-corrected chi connectivity index (χ0v) is 13.9. The van der Waals surface area contributed by atoms with E-state index >= 15 is 0 Å². The number of hydrazine groups is 1. The molecule has 0 saturated heterocycles. The Balaban J connectivity index is 2.19. The second-order valence-corrected chi connectivity index (χ2v) is 5.74. The van der Waals surface area contributed by atoms with E-state index in [4.69, 9.17) is 34.8 Å². The largest absolute Gasteiger partial charge is 0.295 e. The van der Waals surface area contributed by atoms with Gasteiger partial charge in [0, 0.05) is 17.8 Å². The number of rotatable bonds is 3. The number of amides is 1. The van der Waals surface area contributed by atoms with Crippen LogP contribution in [0.15, 0.2) is 12.1 Å². The third-order valence-corrected chi connectivity index (χ3v) is 3.86. The first-order chi connectivity index (χ1) is 9.81. The van der Waals surface area contributed by atoms with Crippen molar-refractivity contribution in [2.45, 2.75) is 13.8 Å². The van der Waals surface area contributed by atoms with E-state index in [1.165, 1.54) is 12.1 Å². The molecular formula is C13H13Cl3N4O. The number of aryl methyl sites for hydroxylation is 2. The minimum atomic E-state index is -0.319. The molecule has 8 heteroatoms. The molecule has 1 aromatic carbocycles. The van der Waals surface area contributed by atoms with Gasteiger partial charge in [0.1, 0.15) is 0 Å². The fourth-order valence-corrected chi connectivity index (χ4v) is 2.86. The van der Waals surface area contributed by atoms with Crippen LogP contribution in [-0.2, 0) is 7.05 Å². The van der Waals surface area contributed by atoms with Crippen molar-refractivity contribution in [3.63, 3.8) is 0 Å². The van der Waals surface area contributed by atoms with Crippen LogP contribution in [0.3, 0.4) is 0 Å². The summed E-state index contributed by atoms with van der Waals surface area (Å²) in [5, 5.41) is 5.23. The fraction of sp³-hybridized carbons (Fsp3) is 0.231. The molecule has 1 heterocycles. The van der Waals surface area contributed by atoms with Crippen LogP contribution >= 0.6 is 34.8 Å². The van der Waals surface area contributed by atoms with Crippen LogP contribution in [0.2, 0.25) is 15.1 Å². The maximum atomic E-state index is 12.2. The predicted octanol–water partition coefficient (Wildman–Crippen LogP) is 3.75. The number of nitrogens with zero attached hydrogens (tertiary/aromatic N) is 2. The van der Waals surface area contributed by atoms with Crippen LogP contribution in [0.1, 0.15) is 21.7 Å². The van der Waals surface area contributed by atoms with Crippen LogP contribution in [0, 0.1) is 13.8 Å². The van der Waals surface area contributed by atoms with Gasteiger partial charge in [0.15, 0.2) is 0 Å². The number of benzene rings is 1. The van der Waals surface area contributed by atoms with Crippen LogP contribution in [0.4, 0.5) is 5.69 Å². The number of carbonyl (C=O) groups excluding carboxylic acids is 1. The zero-order valence-electron chi connectivity index (χ0n) is 11.6. The van der Waals surface area contributed by atoms with Crippen LogP contribution < -0.4 is 10.9 Å². The molecule has 0 unspecified atom stereocenters. The highest BCUT2D eigenvalue weighted by atomic mass is 35.5. The number of aromatic nitrogens is 2. The molecule has 21 heavy (non-hydrogen) atoms. The molecule has 0 aliphatic heterocycles. The number of carbonyl (C=O) groups is 1. The maximum Gasteiger partial charge on any atom is 0.273 e. The van der Waals surface area contributed by atoms with Crippen molar-refractivity contribution in [3.8, 4) is 0 Å². The molecular weight excluding hydrogens is 335 g/mol. The minimum absolute atomic E-state index is 0.312. The summed E-state index contributed by atoms with van der Waals surface area (Å²) in [5.41, 5.74) is 7.56. The first-order valence-corrected chi connectivity index (χ1v) is 7.15. The van der Waals surface area contributed by atoms with Crippen LogP contribution in [0.25, 0.3) is 0 Å². The summed E-state index contributed by atoms with van der Waals surface area (Å²) in [4.78, 5) is 12.2. The number of hydrogen-bond acceptors (Lipinski definition) is 3. The maximum absolute atomic E-state index is 12.2. The third kappa shape index (κ3) is 3.26. The van der Waals surface area contributed by atoms with E-state index in [1.54, 1.807) is 18.7 Å². The van der Waals surface area contributed by atoms with Gasteiger partial charge in [0.25, 0.3) is 5.91 Å².